The van der Waals surface area contributed by atoms with Gasteiger partial charge in [-0.2, -0.15) is 0 Å². The first-order chi connectivity index (χ1) is 14.5. The summed E-state index contributed by atoms with van der Waals surface area (Å²) in [6.07, 6.45) is 4.37. The highest BCUT2D eigenvalue weighted by Crippen LogP contribution is 2.32. The number of hydrogen-bond donors (Lipinski definition) is 2. The number of pyridine rings is 1. The Morgan fingerprint density at radius 3 is 2.53 bits per heavy atom. The largest absolute Gasteiger partial charge is 0.356 e. The van der Waals surface area contributed by atoms with Crippen LogP contribution in [0, 0.1) is 6.92 Å². The van der Waals surface area contributed by atoms with Crippen molar-refractivity contribution in [3.8, 4) is 0 Å². The number of amides is 1. The number of carbonyl (C=O) groups is 2. The molecule has 1 aromatic heterocycles. The monoisotopic (exact) mass is 403 g/mol. The van der Waals surface area contributed by atoms with Crippen molar-refractivity contribution in [3.05, 3.63) is 65.4 Å². The minimum atomic E-state index is 0.0113. The number of Topliss-reactive ketones (excluding diaryl/α,β-unsaturated/α-hetero) is 1. The van der Waals surface area contributed by atoms with E-state index in [1.807, 2.05) is 56.3 Å². The normalized spacial score (nSPS) is 10.8. The second-order valence-corrected chi connectivity index (χ2v) is 7.49. The maximum Gasteiger partial charge on any atom is 0.224 e. The third-order valence-corrected chi connectivity index (χ3v) is 5.19. The van der Waals surface area contributed by atoms with Crippen LogP contribution in [0.3, 0.4) is 0 Å². The van der Waals surface area contributed by atoms with Crippen LogP contribution in [0.4, 0.5) is 11.4 Å². The van der Waals surface area contributed by atoms with Crippen LogP contribution in [0.15, 0.2) is 48.7 Å². The van der Waals surface area contributed by atoms with Crippen molar-refractivity contribution in [2.45, 2.75) is 46.5 Å². The van der Waals surface area contributed by atoms with E-state index >= 15 is 0 Å². The number of aromatic nitrogens is 1. The zero-order chi connectivity index (χ0) is 21.5. The summed E-state index contributed by atoms with van der Waals surface area (Å²) < 4.78 is 0. The van der Waals surface area contributed by atoms with Crippen molar-refractivity contribution >= 4 is 34.0 Å². The van der Waals surface area contributed by atoms with Gasteiger partial charge in [-0.15, -0.1) is 0 Å². The van der Waals surface area contributed by atoms with E-state index in [0.717, 1.165) is 46.2 Å². The zero-order valence-electron chi connectivity index (χ0n) is 17.9. The lowest BCUT2D eigenvalue weighted by Crippen LogP contribution is -2.26. The fourth-order valence-electron chi connectivity index (χ4n) is 3.42. The van der Waals surface area contributed by atoms with Crippen molar-refractivity contribution in [2.24, 2.45) is 0 Å². The molecule has 5 heteroatoms. The Morgan fingerprint density at radius 1 is 1.07 bits per heavy atom. The zero-order valence-corrected chi connectivity index (χ0v) is 17.9. The average molecular weight is 404 g/mol. The first-order valence-electron chi connectivity index (χ1n) is 10.6. The minimum absolute atomic E-state index is 0.0113. The quantitative estimate of drug-likeness (QED) is 0.374. The highest BCUT2D eigenvalue weighted by Gasteiger charge is 2.17. The number of anilines is 2. The third-order valence-electron chi connectivity index (χ3n) is 5.19. The van der Waals surface area contributed by atoms with Crippen LogP contribution in [0.1, 0.15) is 54.6 Å². The molecule has 156 valence electrons. The summed E-state index contributed by atoms with van der Waals surface area (Å²) >= 11 is 0. The van der Waals surface area contributed by atoms with Crippen molar-refractivity contribution in [3.63, 3.8) is 0 Å². The van der Waals surface area contributed by atoms with Gasteiger partial charge in [0, 0.05) is 30.2 Å². The molecule has 0 bridgehead atoms. The van der Waals surface area contributed by atoms with Gasteiger partial charge >= 0.3 is 0 Å². The fraction of sp³-hybridized carbons (Fsp3) is 0.320. The van der Waals surface area contributed by atoms with Crippen molar-refractivity contribution in [2.75, 3.05) is 11.9 Å². The predicted octanol–water partition coefficient (Wildman–Crippen LogP) is 5.34. The van der Waals surface area contributed by atoms with Crippen LogP contribution in [0.5, 0.6) is 0 Å². The topological polar surface area (TPSA) is 71.1 Å². The Bertz CT molecular complexity index is 1050. The van der Waals surface area contributed by atoms with Gasteiger partial charge in [0.2, 0.25) is 5.91 Å². The number of unbranched alkanes of at least 4 members (excludes halogenated alkanes) is 1. The van der Waals surface area contributed by atoms with Crippen LogP contribution < -0.4 is 10.6 Å². The molecule has 1 amide bonds. The predicted molar refractivity (Wildman–Crippen MR) is 122 cm³/mol. The molecule has 0 saturated heterocycles. The Labute approximate surface area is 177 Å². The van der Waals surface area contributed by atoms with Gasteiger partial charge in [-0.1, -0.05) is 38.5 Å². The van der Waals surface area contributed by atoms with E-state index in [1.165, 1.54) is 0 Å². The molecule has 0 aliphatic heterocycles. The Hall–Kier alpha value is -3.21. The van der Waals surface area contributed by atoms with E-state index in [1.54, 1.807) is 6.20 Å². The molecule has 1 heterocycles. The molecule has 3 rings (SSSR count). The molecule has 0 radical (unpaired) electrons. The Kier molecular flexibility index (Phi) is 7.17. The van der Waals surface area contributed by atoms with Gasteiger partial charge in [-0.25, -0.2) is 0 Å². The van der Waals surface area contributed by atoms with Gasteiger partial charge in [0.1, 0.15) is 0 Å². The lowest BCUT2D eigenvalue weighted by molar-refractivity contribution is -0.120. The highest BCUT2D eigenvalue weighted by atomic mass is 16.1. The molecule has 2 aromatic carbocycles. The molecule has 0 saturated carbocycles. The van der Waals surface area contributed by atoms with Crippen molar-refractivity contribution in [1.82, 2.24) is 10.3 Å². The van der Waals surface area contributed by atoms with E-state index in [9.17, 15) is 9.59 Å². The van der Waals surface area contributed by atoms with Crippen LogP contribution in [0.25, 0.3) is 10.9 Å². The van der Waals surface area contributed by atoms with Gasteiger partial charge in [0.25, 0.3) is 0 Å². The molecule has 0 aliphatic rings. The number of fused-ring (bicyclic) bond motifs is 1. The summed E-state index contributed by atoms with van der Waals surface area (Å²) in [4.78, 5) is 29.5. The summed E-state index contributed by atoms with van der Waals surface area (Å²) in [5, 5.41) is 7.23. The number of para-hydroxylation sites is 1. The number of aryl methyl sites for hydroxylation is 1. The van der Waals surface area contributed by atoms with Crippen LogP contribution in [-0.2, 0) is 11.2 Å². The summed E-state index contributed by atoms with van der Waals surface area (Å²) in [6.45, 7) is 6.63. The van der Waals surface area contributed by atoms with E-state index in [2.05, 4.69) is 22.5 Å². The van der Waals surface area contributed by atoms with Gasteiger partial charge in [-0.3, -0.25) is 14.6 Å². The lowest BCUT2D eigenvalue weighted by atomic mass is 9.98. The lowest BCUT2D eigenvalue weighted by Gasteiger charge is -2.16. The Balaban J connectivity index is 2.04. The smallest absolute Gasteiger partial charge is 0.224 e. The first-order valence-corrected chi connectivity index (χ1v) is 10.6. The molecule has 0 spiro atoms. The fourth-order valence-corrected chi connectivity index (χ4v) is 3.42. The summed E-state index contributed by atoms with van der Waals surface area (Å²) in [5.41, 5.74) is 4.96. The van der Waals surface area contributed by atoms with Gasteiger partial charge < -0.3 is 10.6 Å². The van der Waals surface area contributed by atoms with E-state index in [4.69, 9.17) is 0 Å². The molecule has 0 aliphatic carbocycles. The van der Waals surface area contributed by atoms with E-state index in [0.29, 0.717) is 24.9 Å². The van der Waals surface area contributed by atoms with E-state index < -0.39 is 0 Å². The number of ketones is 1. The summed E-state index contributed by atoms with van der Waals surface area (Å²) in [5.74, 6) is 0.0412. The number of hydrogen-bond acceptors (Lipinski definition) is 4. The molecular formula is C25H29N3O2. The number of rotatable bonds is 9. The second-order valence-electron chi connectivity index (χ2n) is 7.49. The maximum atomic E-state index is 12.6. The van der Waals surface area contributed by atoms with Crippen LogP contribution in [-0.4, -0.2) is 23.2 Å². The molecule has 30 heavy (non-hydrogen) atoms. The van der Waals surface area contributed by atoms with Crippen molar-refractivity contribution in [1.29, 1.82) is 0 Å². The molecule has 2 N–H and O–H groups in total. The van der Waals surface area contributed by atoms with Crippen molar-refractivity contribution < 1.29 is 9.59 Å². The van der Waals surface area contributed by atoms with Gasteiger partial charge in [0.05, 0.1) is 23.2 Å². The molecule has 0 atom stereocenters. The van der Waals surface area contributed by atoms with Gasteiger partial charge in [0.15, 0.2) is 5.78 Å². The average Bonchev–Trinajstić information content (AvgIpc) is 2.75. The van der Waals surface area contributed by atoms with Crippen LogP contribution in [0.2, 0.25) is 0 Å². The summed E-state index contributed by atoms with van der Waals surface area (Å²) in [6, 6.07) is 13.7. The second kappa shape index (κ2) is 10.0. The maximum absolute atomic E-state index is 12.6. The van der Waals surface area contributed by atoms with Gasteiger partial charge in [-0.05, 0) is 48.7 Å². The number of nitrogens with one attached hydrogen (secondary N) is 2. The minimum Gasteiger partial charge on any atom is -0.356 e. The molecular weight excluding hydrogens is 374 g/mol. The third kappa shape index (κ3) is 5.03. The van der Waals surface area contributed by atoms with Crippen LogP contribution >= 0.6 is 0 Å². The number of carbonyl (C=O) groups excluding carboxylic acids is 2. The SMILES string of the molecule is CCCCNC(=O)Cc1cc2c(Nc3ccccc3)c(C(=O)CC)cnc2cc1C. The Morgan fingerprint density at radius 2 is 1.83 bits per heavy atom. The highest BCUT2D eigenvalue weighted by molar-refractivity contribution is 6.09. The summed E-state index contributed by atoms with van der Waals surface area (Å²) in [7, 11) is 0. The molecule has 0 fully saturated rings. The number of nitrogens with zero attached hydrogens (tertiary/aromatic N) is 1. The molecule has 5 nitrogen and oxygen atoms in total. The number of benzene rings is 2. The van der Waals surface area contributed by atoms with E-state index in [-0.39, 0.29) is 11.7 Å². The molecule has 3 aromatic rings. The standard InChI is InChI=1S/C25H29N3O2/c1-4-6-12-26-24(30)15-18-14-20-22(13-17(18)3)27-16-21(23(29)5-2)25(20)28-19-10-8-7-9-11-19/h7-11,13-14,16H,4-6,12,15H2,1-3H3,(H,26,30)(H,27,28). The first kappa shape index (κ1) is 21.5. The molecule has 0 unspecified atom stereocenters.